The van der Waals surface area contributed by atoms with Crippen molar-refractivity contribution in [1.29, 1.82) is 0 Å². The highest BCUT2D eigenvalue weighted by Gasteiger charge is 2.57. The van der Waals surface area contributed by atoms with Crippen LogP contribution in [0.3, 0.4) is 0 Å². The molecular weight excluding hydrogens is 288 g/mol. The average Bonchev–Trinajstić information content (AvgIpc) is 2.50. The Bertz CT molecular complexity index is 470. The normalized spacial score (nSPS) is 41.7. The lowest BCUT2D eigenvalue weighted by atomic mass is 9.45. The van der Waals surface area contributed by atoms with Crippen LogP contribution in [0, 0.1) is 28.6 Å². The number of hydrogen-bond acceptors (Lipinski definition) is 3. The minimum Gasteiger partial charge on any atom is -0.396 e. The molecule has 0 aromatic rings. The van der Waals surface area contributed by atoms with Crippen molar-refractivity contribution in [2.24, 2.45) is 28.6 Å². The molecule has 0 spiro atoms. The molecular formula is C20H34O3. The van der Waals surface area contributed by atoms with Crippen LogP contribution in [0.4, 0.5) is 0 Å². The van der Waals surface area contributed by atoms with E-state index in [2.05, 4.69) is 27.7 Å². The molecule has 3 nitrogen and oxygen atoms in total. The van der Waals surface area contributed by atoms with E-state index in [0.717, 1.165) is 32.1 Å². The van der Waals surface area contributed by atoms with Gasteiger partial charge in [-0.2, -0.15) is 0 Å². The van der Waals surface area contributed by atoms with Gasteiger partial charge in [0.05, 0.1) is 6.61 Å². The Hall–Kier alpha value is -0.670. The number of carbonyl (C=O) groups excluding carboxylic acids is 1. The molecule has 0 amide bonds. The first-order chi connectivity index (χ1) is 10.8. The lowest BCUT2D eigenvalue weighted by Gasteiger charge is -2.59. The van der Waals surface area contributed by atoms with Crippen LogP contribution in [0.15, 0.2) is 11.6 Å². The zero-order chi connectivity index (χ0) is 17.3. The first-order valence-electron chi connectivity index (χ1n) is 9.18. The van der Waals surface area contributed by atoms with Gasteiger partial charge in [-0.15, -0.1) is 0 Å². The Morgan fingerprint density at radius 3 is 2.61 bits per heavy atom. The number of Topliss-reactive ketones (excluding diaryl/α,β-unsaturated/α-hetero) is 1. The molecule has 3 heteroatoms. The molecule has 0 saturated heterocycles. The molecule has 0 aliphatic heterocycles. The monoisotopic (exact) mass is 322 g/mol. The van der Waals surface area contributed by atoms with Crippen molar-refractivity contribution < 1.29 is 15.0 Å². The van der Waals surface area contributed by atoms with Gasteiger partial charge in [0, 0.05) is 18.9 Å². The van der Waals surface area contributed by atoms with Gasteiger partial charge in [0.2, 0.25) is 0 Å². The number of aliphatic hydroxyl groups excluding tert-OH is 2. The van der Waals surface area contributed by atoms with Gasteiger partial charge in [-0.05, 0) is 55.3 Å². The average molecular weight is 322 g/mol. The van der Waals surface area contributed by atoms with Crippen LogP contribution < -0.4 is 0 Å². The second-order valence-electron chi connectivity index (χ2n) is 8.56. The Kier molecular flexibility index (Phi) is 5.73. The maximum Gasteiger partial charge on any atom is 0.136 e. The topological polar surface area (TPSA) is 57.5 Å². The lowest BCUT2D eigenvalue weighted by molar-refractivity contribution is -0.153. The highest BCUT2D eigenvalue weighted by atomic mass is 16.3. The molecule has 2 aliphatic rings. The summed E-state index contributed by atoms with van der Waals surface area (Å²) in [6, 6.07) is 0. The van der Waals surface area contributed by atoms with Crippen molar-refractivity contribution in [1.82, 2.24) is 0 Å². The van der Waals surface area contributed by atoms with E-state index >= 15 is 0 Å². The highest BCUT2D eigenvalue weighted by Crippen LogP contribution is 2.61. The lowest BCUT2D eigenvalue weighted by Crippen LogP contribution is -2.55. The molecule has 2 rings (SSSR count). The number of carbonyl (C=O) groups is 1. The molecule has 2 fully saturated rings. The predicted molar refractivity (Wildman–Crippen MR) is 93.0 cm³/mol. The zero-order valence-corrected chi connectivity index (χ0v) is 15.3. The Morgan fingerprint density at radius 1 is 1.30 bits per heavy atom. The smallest absolute Gasteiger partial charge is 0.136 e. The molecule has 2 saturated carbocycles. The third kappa shape index (κ3) is 3.41. The first kappa shape index (κ1) is 18.7. The van der Waals surface area contributed by atoms with E-state index in [9.17, 15) is 9.90 Å². The Morgan fingerprint density at radius 2 is 2.00 bits per heavy atom. The molecule has 0 radical (unpaired) electrons. The minimum atomic E-state index is -0.114. The van der Waals surface area contributed by atoms with E-state index in [1.165, 1.54) is 5.57 Å². The molecule has 2 N–H and O–H groups in total. The van der Waals surface area contributed by atoms with Crippen LogP contribution >= 0.6 is 0 Å². The van der Waals surface area contributed by atoms with Gasteiger partial charge in [-0.1, -0.05) is 38.8 Å². The van der Waals surface area contributed by atoms with E-state index in [4.69, 9.17) is 5.11 Å². The standard InChI is InChI=1S/C20H34O3/c1-14(8-11-21)6-7-16-15(2)17(23)12-18-19(3,13-22)9-5-10-20(16,18)4/h8,15-16,18,21-22H,5-7,9-13H2,1-4H3/b14-8+/t15-,16-,18-,19+,20+/m0/s1. The van der Waals surface area contributed by atoms with E-state index in [1.807, 2.05) is 6.08 Å². The molecule has 5 atom stereocenters. The molecule has 132 valence electrons. The summed E-state index contributed by atoms with van der Waals surface area (Å²) >= 11 is 0. The molecule has 23 heavy (non-hydrogen) atoms. The van der Waals surface area contributed by atoms with Crippen LogP contribution in [0.25, 0.3) is 0 Å². The third-order valence-corrected chi connectivity index (χ3v) is 7.12. The highest BCUT2D eigenvalue weighted by molar-refractivity contribution is 5.82. The number of aliphatic hydroxyl groups is 2. The van der Waals surface area contributed by atoms with E-state index in [-0.39, 0.29) is 30.0 Å². The summed E-state index contributed by atoms with van der Waals surface area (Å²) in [6.45, 7) is 8.98. The van der Waals surface area contributed by atoms with Crippen LogP contribution in [0.1, 0.15) is 66.2 Å². The maximum absolute atomic E-state index is 12.6. The van der Waals surface area contributed by atoms with Crippen molar-refractivity contribution in [2.45, 2.75) is 66.2 Å². The summed E-state index contributed by atoms with van der Waals surface area (Å²) in [6.07, 6.45) is 7.79. The van der Waals surface area contributed by atoms with Crippen LogP contribution in [-0.4, -0.2) is 29.2 Å². The van der Waals surface area contributed by atoms with Crippen molar-refractivity contribution in [3.63, 3.8) is 0 Å². The fourth-order valence-corrected chi connectivity index (χ4v) is 5.53. The summed E-state index contributed by atoms with van der Waals surface area (Å²) in [5.74, 6) is 1.16. The van der Waals surface area contributed by atoms with Crippen LogP contribution in [0.5, 0.6) is 0 Å². The quantitative estimate of drug-likeness (QED) is 0.758. The number of fused-ring (bicyclic) bond motifs is 1. The van der Waals surface area contributed by atoms with Gasteiger partial charge in [-0.25, -0.2) is 0 Å². The summed E-state index contributed by atoms with van der Waals surface area (Å²) in [5, 5.41) is 19.0. The summed E-state index contributed by atoms with van der Waals surface area (Å²) in [4.78, 5) is 12.6. The van der Waals surface area contributed by atoms with Gasteiger partial charge in [-0.3, -0.25) is 4.79 Å². The fraction of sp³-hybridized carbons (Fsp3) is 0.850. The van der Waals surface area contributed by atoms with Gasteiger partial charge < -0.3 is 10.2 Å². The Balaban J connectivity index is 2.27. The van der Waals surface area contributed by atoms with Gasteiger partial charge in [0.15, 0.2) is 0 Å². The fourth-order valence-electron chi connectivity index (χ4n) is 5.53. The predicted octanol–water partition coefficient (Wildman–Crippen LogP) is 3.74. The maximum atomic E-state index is 12.6. The van der Waals surface area contributed by atoms with Crippen molar-refractivity contribution in [2.75, 3.05) is 13.2 Å². The molecule has 0 aromatic carbocycles. The van der Waals surface area contributed by atoms with Crippen molar-refractivity contribution in [3.8, 4) is 0 Å². The molecule has 0 aromatic heterocycles. The van der Waals surface area contributed by atoms with Crippen LogP contribution in [0.2, 0.25) is 0 Å². The van der Waals surface area contributed by atoms with E-state index in [0.29, 0.717) is 24.0 Å². The molecule has 0 heterocycles. The minimum absolute atomic E-state index is 0.0907. The SMILES string of the molecule is C/C(=C\CO)CC[C@H]1[C@H](C)C(=O)C[C@H]2[C@@](C)(CO)CCC[C@]12C. The largest absolute Gasteiger partial charge is 0.396 e. The Labute approximate surface area is 141 Å². The zero-order valence-electron chi connectivity index (χ0n) is 15.3. The second-order valence-corrected chi connectivity index (χ2v) is 8.56. The number of allylic oxidation sites excluding steroid dienone is 1. The second kappa shape index (κ2) is 7.06. The number of ketones is 1. The summed E-state index contributed by atoms with van der Waals surface area (Å²) in [5.41, 5.74) is 1.23. The van der Waals surface area contributed by atoms with Gasteiger partial charge in [0.1, 0.15) is 5.78 Å². The van der Waals surface area contributed by atoms with Crippen molar-refractivity contribution >= 4 is 5.78 Å². The van der Waals surface area contributed by atoms with Gasteiger partial charge in [0.25, 0.3) is 0 Å². The third-order valence-electron chi connectivity index (χ3n) is 7.12. The molecule has 0 bridgehead atoms. The molecule has 0 unspecified atom stereocenters. The summed E-state index contributed by atoms with van der Waals surface area (Å²) < 4.78 is 0. The van der Waals surface area contributed by atoms with E-state index in [1.54, 1.807) is 0 Å². The van der Waals surface area contributed by atoms with Gasteiger partial charge >= 0.3 is 0 Å². The van der Waals surface area contributed by atoms with Crippen LogP contribution in [-0.2, 0) is 4.79 Å². The van der Waals surface area contributed by atoms with Crippen molar-refractivity contribution in [3.05, 3.63) is 11.6 Å². The summed E-state index contributed by atoms with van der Waals surface area (Å²) in [7, 11) is 0. The number of rotatable bonds is 5. The first-order valence-corrected chi connectivity index (χ1v) is 9.18. The number of hydrogen-bond donors (Lipinski definition) is 2. The van der Waals surface area contributed by atoms with E-state index < -0.39 is 0 Å². The molecule has 2 aliphatic carbocycles.